The minimum absolute atomic E-state index is 0.162. The number of carbonyl (C=O) groups excluding carboxylic acids is 2. The number of methoxy groups -OCH3 is 3. The maximum absolute atomic E-state index is 13.4. The van der Waals surface area contributed by atoms with Crippen LogP contribution in [0.3, 0.4) is 0 Å². The molecule has 0 heterocycles. The van der Waals surface area contributed by atoms with Crippen LogP contribution in [0.4, 0.5) is 0 Å². The highest BCUT2D eigenvalue weighted by molar-refractivity contribution is 7.00. The Morgan fingerprint density at radius 3 is 1.79 bits per heavy atom. The van der Waals surface area contributed by atoms with Crippen molar-refractivity contribution in [3.05, 3.63) is 53.6 Å². The van der Waals surface area contributed by atoms with Gasteiger partial charge in [0.25, 0.3) is 0 Å². The third-order valence-electron chi connectivity index (χ3n) is 3.94. The zero-order valence-corrected chi connectivity index (χ0v) is 18.1. The lowest BCUT2D eigenvalue weighted by Crippen LogP contribution is -2.27. The number of Topliss-reactive ketones (excluding diaryl/α,β-unsaturated/α-hetero) is 1. The van der Waals surface area contributed by atoms with Gasteiger partial charge in [0.1, 0.15) is 37.8 Å². The van der Waals surface area contributed by atoms with Crippen LogP contribution in [0.5, 0.6) is 17.2 Å². The quantitative estimate of drug-likeness (QED) is 0.275. The first kappa shape index (κ1) is 24.1. The van der Waals surface area contributed by atoms with Crippen molar-refractivity contribution in [1.82, 2.24) is 0 Å². The smallest absolute Gasteiger partial charge is 0.321 e. The fraction of sp³-hybridized carbons (Fsp3) is 0.333. The Labute approximate surface area is 172 Å². The second-order valence-electron chi connectivity index (χ2n) is 6.10. The molecule has 0 aliphatic carbocycles. The van der Waals surface area contributed by atoms with Gasteiger partial charge in [-0.3, -0.25) is 14.2 Å². The first-order valence-corrected chi connectivity index (χ1v) is 9.13. The van der Waals surface area contributed by atoms with Crippen molar-refractivity contribution < 1.29 is 33.1 Å². The summed E-state index contributed by atoms with van der Waals surface area (Å²) in [7, 11) is 6.10. The van der Waals surface area contributed by atoms with Crippen molar-refractivity contribution in [1.29, 1.82) is 0 Å². The third kappa shape index (κ3) is 6.03. The number of hydrogen-bond acceptors (Lipinski definition) is 7. The summed E-state index contributed by atoms with van der Waals surface area (Å²) in [4.78, 5) is 26.2. The van der Waals surface area contributed by atoms with E-state index in [1.54, 1.807) is 59.4 Å². The molecule has 8 heteroatoms. The lowest BCUT2D eigenvalue weighted by atomic mass is 9.89. The van der Waals surface area contributed by atoms with E-state index in [0.29, 0.717) is 11.3 Å². The maximum Gasteiger partial charge on any atom is 0.321 e. The van der Waals surface area contributed by atoms with E-state index in [9.17, 15) is 9.59 Å². The summed E-state index contributed by atoms with van der Waals surface area (Å²) in [6.07, 6.45) is -0.351. The molecule has 1 atom stereocenters. The maximum atomic E-state index is 13.4. The van der Waals surface area contributed by atoms with Gasteiger partial charge in [0.05, 0.1) is 27.4 Å². The summed E-state index contributed by atoms with van der Waals surface area (Å²) in [5.41, 5.74) is 0.698. The second-order valence-corrected chi connectivity index (χ2v) is 6.10. The topological polar surface area (TPSA) is 88.1 Å². The Kier molecular flexibility index (Phi) is 9.83. The molecule has 156 valence electrons. The molecule has 2 aromatic rings. The normalized spacial score (nSPS) is 11.0. The van der Waals surface area contributed by atoms with E-state index in [0.717, 1.165) is 0 Å². The number of carbonyl (C=O) groups is 2. The molecule has 0 aliphatic rings. The van der Waals surface area contributed by atoms with Gasteiger partial charge in [0.2, 0.25) is 0 Å². The Hall–Kier alpha value is -2.92. The summed E-state index contributed by atoms with van der Waals surface area (Å²) in [6.45, 7) is 3.47. The Bertz CT molecular complexity index is 796. The lowest BCUT2D eigenvalue weighted by molar-refractivity contribution is -0.147. The lowest BCUT2D eigenvalue weighted by Gasteiger charge is -2.20. The highest BCUT2D eigenvalue weighted by Gasteiger charge is 2.35. The van der Waals surface area contributed by atoms with Gasteiger partial charge in [-0.05, 0) is 19.4 Å². The molecule has 0 bridgehead atoms. The zero-order chi connectivity index (χ0) is 22.0. The molecule has 0 aliphatic heterocycles. The van der Waals surface area contributed by atoms with Crippen molar-refractivity contribution in [2.45, 2.75) is 25.9 Å². The average molecular weight is 420 g/mol. The molecule has 0 saturated heterocycles. The number of esters is 1. The average Bonchev–Trinajstić information content (AvgIpc) is 2.74. The van der Waals surface area contributed by atoms with Crippen molar-refractivity contribution >= 4 is 20.9 Å². The summed E-state index contributed by atoms with van der Waals surface area (Å²) >= 11 is 0. The largest absolute Gasteiger partial charge is 0.496 e. The number of ether oxygens (including phenoxy) is 4. The van der Waals surface area contributed by atoms with Crippen LogP contribution in [-0.2, 0) is 14.1 Å². The summed E-state index contributed by atoms with van der Waals surface area (Å²) in [6, 6.07) is 11.9. The molecular formula is C21H25O7P. The molecule has 0 N–H and O–H groups in total. The molecule has 2 rings (SSSR count). The first-order valence-electron chi connectivity index (χ1n) is 8.73. The highest BCUT2D eigenvalue weighted by atomic mass is 31.0. The molecule has 0 spiro atoms. The van der Waals surface area contributed by atoms with Gasteiger partial charge in [-0.1, -0.05) is 30.3 Å². The molecule has 7 nitrogen and oxygen atoms in total. The van der Waals surface area contributed by atoms with Crippen molar-refractivity contribution in [2.24, 2.45) is 0 Å². The molecule has 29 heavy (non-hydrogen) atoms. The van der Waals surface area contributed by atoms with Crippen LogP contribution in [0.25, 0.3) is 0 Å². The van der Waals surface area contributed by atoms with Crippen LogP contribution in [-0.4, -0.2) is 39.2 Å². The predicted molar refractivity (Wildman–Crippen MR) is 110 cm³/mol. The van der Waals surface area contributed by atoms with E-state index >= 15 is 0 Å². The van der Waals surface area contributed by atoms with Crippen LogP contribution < -0.4 is 14.2 Å². The SMILES string of the molecule is COc1cc(OC)c(C(=O)C(C(=O)OC(C)C)c2ccccc2)c(OC)c1.O=P. The van der Waals surface area contributed by atoms with Gasteiger partial charge in [0.15, 0.2) is 5.78 Å². The van der Waals surface area contributed by atoms with E-state index in [1.165, 1.54) is 21.3 Å². The fourth-order valence-corrected chi connectivity index (χ4v) is 2.73. The molecule has 1 unspecified atom stereocenters. The fourth-order valence-electron chi connectivity index (χ4n) is 2.73. The number of ketones is 1. The Morgan fingerprint density at radius 2 is 1.38 bits per heavy atom. The van der Waals surface area contributed by atoms with Crippen molar-refractivity contribution in [3.63, 3.8) is 0 Å². The van der Waals surface area contributed by atoms with Crippen LogP contribution in [0.2, 0.25) is 0 Å². The Morgan fingerprint density at radius 1 is 0.862 bits per heavy atom. The Balaban J connectivity index is 0.00000204. The predicted octanol–water partition coefficient (Wildman–Crippen LogP) is 4.11. The van der Waals surface area contributed by atoms with E-state index in [4.69, 9.17) is 23.5 Å². The molecule has 0 aromatic heterocycles. The standard InChI is InChI=1S/C21H24O6.HOP/c1-13(2)27-21(23)18(14-9-7-6-8-10-14)20(22)19-16(25-4)11-15(24-3)12-17(19)26-5;1-2/h6-13,18H,1-5H3;2H. The van der Waals surface area contributed by atoms with Gasteiger partial charge >= 0.3 is 5.97 Å². The zero-order valence-electron chi connectivity index (χ0n) is 17.1. The van der Waals surface area contributed by atoms with Gasteiger partial charge in [-0.15, -0.1) is 0 Å². The van der Waals surface area contributed by atoms with Crippen molar-refractivity contribution in [3.8, 4) is 17.2 Å². The molecule has 0 saturated carbocycles. The van der Waals surface area contributed by atoms with Gasteiger partial charge in [-0.2, -0.15) is 0 Å². The second kappa shape index (κ2) is 11.8. The van der Waals surface area contributed by atoms with E-state index in [1.807, 2.05) is 6.07 Å². The molecule has 0 fully saturated rings. The van der Waals surface area contributed by atoms with E-state index in [2.05, 4.69) is 0 Å². The summed E-state index contributed by atoms with van der Waals surface area (Å²) in [5, 5.41) is 0. The van der Waals surface area contributed by atoms with E-state index in [-0.39, 0.29) is 23.2 Å². The van der Waals surface area contributed by atoms with Crippen LogP contribution in [0, 0.1) is 0 Å². The summed E-state index contributed by atoms with van der Waals surface area (Å²) < 4.78 is 29.3. The monoisotopic (exact) mass is 420 g/mol. The molecular weight excluding hydrogens is 395 g/mol. The van der Waals surface area contributed by atoms with Crippen LogP contribution >= 0.6 is 9.12 Å². The van der Waals surface area contributed by atoms with Crippen LogP contribution in [0.15, 0.2) is 42.5 Å². The first-order chi connectivity index (χ1) is 13.9. The van der Waals surface area contributed by atoms with Gasteiger partial charge in [0, 0.05) is 12.1 Å². The number of benzene rings is 2. The van der Waals surface area contributed by atoms with Gasteiger partial charge in [-0.25, -0.2) is 0 Å². The third-order valence-corrected chi connectivity index (χ3v) is 3.94. The van der Waals surface area contributed by atoms with Crippen LogP contribution in [0.1, 0.15) is 35.7 Å². The minimum Gasteiger partial charge on any atom is -0.496 e. The minimum atomic E-state index is -1.13. The molecule has 0 amide bonds. The van der Waals surface area contributed by atoms with Crippen molar-refractivity contribution in [2.75, 3.05) is 21.3 Å². The summed E-state index contributed by atoms with van der Waals surface area (Å²) in [5.74, 6) is -1.24. The van der Waals surface area contributed by atoms with E-state index < -0.39 is 17.7 Å². The number of hydrogen-bond donors (Lipinski definition) is 0. The molecule has 0 radical (unpaired) electrons. The highest BCUT2D eigenvalue weighted by Crippen LogP contribution is 2.37. The number of rotatable bonds is 8. The van der Waals surface area contributed by atoms with Gasteiger partial charge < -0.3 is 18.9 Å². The molecule has 2 aromatic carbocycles.